The Labute approximate surface area is 81.9 Å². The molecule has 1 N–H and O–H groups in total. The zero-order valence-corrected chi connectivity index (χ0v) is 7.61. The second-order valence-electron chi connectivity index (χ2n) is 2.54. The first-order chi connectivity index (χ1) is 6.70. The highest BCUT2D eigenvalue weighted by atomic mass is 32.1. The first-order valence-corrected chi connectivity index (χ1v) is 4.47. The van der Waals surface area contributed by atoms with Crippen molar-refractivity contribution in [1.82, 2.24) is 4.98 Å². The maximum absolute atomic E-state index is 10.4. The Kier molecular flexibility index (Phi) is 1.93. The molecule has 1 aromatic heterocycles. The van der Waals surface area contributed by atoms with Gasteiger partial charge in [-0.3, -0.25) is 10.1 Å². The lowest BCUT2D eigenvalue weighted by atomic mass is 10.3. The number of nitro groups is 1. The normalized spacial score (nSPS) is 10.3. The molecule has 0 atom stereocenters. The van der Waals surface area contributed by atoms with E-state index in [1.54, 1.807) is 6.07 Å². The number of aromatic nitrogens is 1. The largest absolute Gasteiger partial charge is 0.613 e. The number of benzene rings is 1. The van der Waals surface area contributed by atoms with Crippen molar-refractivity contribution < 1.29 is 10.0 Å². The van der Waals surface area contributed by atoms with E-state index in [1.807, 2.05) is 5.11 Å². The van der Waals surface area contributed by atoms with Crippen molar-refractivity contribution in [3.8, 4) is 0 Å². The minimum absolute atomic E-state index is 0.0191. The number of hydrogen-bond donors (Lipinski definition) is 1. The van der Waals surface area contributed by atoms with Crippen LogP contribution in [0.5, 0.6) is 0 Å². The molecular formula is C7H4N4O2S. The molecule has 0 bridgehead atoms. The van der Waals surface area contributed by atoms with Crippen molar-refractivity contribution in [3.63, 3.8) is 0 Å². The molecule has 70 valence electrons. The highest BCUT2D eigenvalue weighted by molar-refractivity contribution is 7.21. The first-order valence-electron chi connectivity index (χ1n) is 3.66. The summed E-state index contributed by atoms with van der Waals surface area (Å²) in [6, 6.07) is 4.35. The van der Waals surface area contributed by atoms with Crippen LogP contribution in [-0.2, 0) is 0 Å². The van der Waals surface area contributed by atoms with Crippen LogP contribution in [0, 0.1) is 10.1 Å². The second kappa shape index (κ2) is 3.11. The summed E-state index contributed by atoms with van der Waals surface area (Å²) in [4.78, 5) is 13.9. The Morgan fingerprint density at radius 1 is 1.57 bits per heavy atom. The van der Waals surface area contributed by atoms with E-state index in [2.05, 4.69) is 4.98 Å². The minimum Gasteiger partial charge on any atom is -0.613 e. The van der Waals surface area contributed by atoms with Crippen LogP contribution in [0.1, 0.15) is 0 Å². The van der Waals surface area contributed by atoms with Gasteiger partial charge in [0.05, 0.1) is 9.62 Å². The van der Waals surface area contributed by atoms with E-state index < -0.39 is 4.92 Å². The van der Waals surface area contributed by atoms with Gasteiger partial charge in [-0.25, -0.2) is 0 Å². The average Bonchev–Trinajstić information content (AvgIpc) is 2.58. The summed E-state index contributed by atoms with van der Waals surface area (Å²) >= 11 is 1.15. The molecule has 0 radical (unpaired) electrons. The Balaban J connectivity index is 2.65. The lowest BCUT2D eigenvalue weighted by Gasteiger charge is -1.87. The maximum Gasteiger partial charge on any atom is 0.366 e. The quantitative estimate of drug-likeness (QED) is 0.452. The molecule has 14 heavy (non-hydrogen) atoms. The predicted octanol–water partition coefficient (Wildman–Crippen LogP) is 0.938. The van der Waals surface area contributed by atoms with Crippen LogP contribution < -0.4 is 5.11 Å². The Morgan fingerprint density at radius 2 is 2.36 bits per heavy atom. The van der Waals surface area contributed by atoms with Gasteiger partial charge in [0.25, 0.3) is 5.69 Å². The van der Waals surface area contributed by atoms with Gasteiger partial charge in [0.15, 0.2) is 5.52 Å². The van der Waals surface area contributed by atoms with E-state index >= 15 is 0 Å². The van der Waals surface area contributed by atoms with Crippen molar-refractivity contribution in [2.75, 3.05) is 0 Å². The van der Waals surface area contributed by atoms with Gasteiger partial charge in [-0.1, -0.05) is 0 Å². The molecule has 0 aliphatic rings. The SMILES string of the molecule is [N-]=[NH+]c1nc2ccc([N+](=O)[O-])cc2s1. The molecule has 2 rings (SSSR count). The number of nitro benzene ring substituents is 1. The summed E-state index contributed by atoms with van der Waals surface area (Å²) < 4.78 is 0.663. The maximum atomic E-state index is 10.4. The summed E-state index contributed by atoms with van der Waals surface area (Å²) in [5, 5.41) is 12.7. The van der Waals surface area contributed by atoms with Gasteiger partial charge < -0.3 is 10.6 Å². The van der Waals surface area contributed by atoms with Crippen LogP contribution in [-0.4, -0.2) is 9.91 Å². The van der Waals surface area contributed by atoms with E-state index in [0.717, 1.165) is 11.3 Å². The fraction of sp³-hybridized carbons (Fsp3) is 0. The van der Waals surface area contributed by atoms with Crippen LogP contribution >= 0.6 is 11.3 Å². The highest BCUT2D eigenvalue weighted by Crippen LogP contribution is 2.26. The van der Waals surface area contributed by atoms with Gasteiger partial charge in [-0.05, 0) is 22.4 Å². The van der Waals surface area contributed by atoms with Gasteiger partial charge in [0.2, 0.25) is 0 Å². The van der Waals surface area contributed by atoms with Crippen LogP contribution in [0.25, 0.3) is 15.7 Å². The monoisotopic (exact) mass is 208 g/mol. The third kappa shape index (κ3) is 1.33. The van der Waals surface area contributed by atoms with Gasteiger partial charge in [0, 0.05) is 12.1 Å². The lowest BCUT2D eigenvalue weighted by Crippen LogP contribution is -2.54. The molecule has 1 aromatic carbocycles. The molecule has 6 nitrogen and oxygen atoms in total. The smallest absolute Gasteiger partial charge is 0.366 e. The third-order valence-corrected chi connectivity index (χ3v) is 2.60. The highest BCUT2D eigenvalue weighted by Gasteiger charge is 2.13. The van der Waals surface area contributed by atoms with E-state index in [1.165, 1.54) is 12.1 Å². The zero-order valence-electron chi connectivity index (χ0n) is 6.80. The second-order valence-corrected chi connectivity index (χ2v) is 3.57. The summed E-state index contributed by atoms with van der Waals surface area (Å²) in [5.41, 5.74) is 9.22. The van der Waals surface area contributed by atoms with Crippen molar-refractivity contribution >= 4 is 32.4 Å². The molecule has 0 amide bonds. The van der Waals surface area contributed by atoms with Crippen LogP contribution in [0.4, 0.5) is 10.8 Å². The van der Waals surface area contributed by atoms with E-state index in [4.69, 9.17) is 5.53 Å². The Hall–Kier alpha value is -1.89. The molecule has 0 aliphatic heterocycles. The van der Waals surface area contributed by atoms with Crippen molar-refractivity contribution in [2.24, 2.45) is 0 Å². The van der Waals surface area contributed by atoms with Gasteiger partial charge in [0.1, 0.15) is 0 Å². The molecule has 7 heteroatoms. The number of nitrogens with zero attached hydrogens (tertiary/aromatic N) is 3. The van der Waals surface area contributed by atoms with Gasteiger partial charge >= 0.3 is 5.13 Å². The number of fused-ring (bicyclic) bond motifs is 1. The number of hydrogen-bond acceptors (Lipinski definition) is 4. The van der Waals surface area contributed by atoms with E-state index in [9.17, 15) is 10.1 Å². The topological polar surface area (TPSA) is 92.3 Å². The third-order valence-electron chi connectivity index (χ3n) is 1.68. The molecule has 0 spiro atoms. The number of thiazole rings is 1. The zero-order chi connectivity index (χ0) is 10.1. The van der Waals surface area contributed by atoms with Crippen LogP contribution in [0.15, 0.2) is 18.2 Å². The number of non-ortho nitro benzene ring substituents is 1. The standard InChI is InChI=1S/C7H4N4O2S/c8-10-7-9-5-2-1-4(11(12)13)3-6(5)14-7/h1-3,10H. The van der Waals surface area contributed by atoms with Crippen molar-refractivity contribution in [1.29, 1.82) is 0 Å². The number of nitrogens with one attached hydrogen (secondary N) is 1. The fourth-order valence-corrected chi connectivity index (χ4v) is 1.87. The number of rotatable bonds is 2. The molecule has 1 heterocycles. The Bertz CT molecular complexity index is 521. The summed E-state index contributed by atoms with van der Waals surface area (Å²) in [6.45, 7) is 0. The van der Waals surface area contributed by atoms with Gasteiger partial charge in [-0.15, -0.1) is 0 Å². The average molecular weight is 208 g/mol. The minimum atomic E-state index is -0.467. The van der Waals surface area contributed by atoms with Crippen molar-refractivity contribution in [3.05, 3.63) is 33.8 Å². The molecule has 0 unspecified atom stereocenters. The Morgan fingerprint density at radius 3 is 3.00 bits per heavy atom. The molecule has 0 aliphatic carbocycles. The van der Waals surface area contributed by atoms with Crippen LogP contribution in [0.2, 0.25) is 0 Å². The molecular weight excluding hydrogens is 204 g/mol. The molecule has 0 saturated heterocycles. The predicted molar refractivity (Wildman–Crippen MR) is 50.3 cm³/mol. The van der Waals surface area contributed by atoms with E-state index in [-0.39, 0.29) is 5.69 Å². The van der Waals surface area contributed by atoms with Crippen molar-refractivity contribution in [2.45, 2.75) is 0 Å². The van der Waals surface area contributed by atoms with Crippen LogP contribution in [0.3, 0.4) is 0 Å². The van der Waals surface area contributed by atoms with Gasteiger partial charge in [-0.2, -0.15) is 0 Å². The summed E-state index contributed by atoms with van der Waals surface area (Å²) in [7, 11) is 0. The molecule has 2 aromatic rings. The summed E-state index contributed by atoms with van der Waals surface area (Å²) in [6.07, 6.45) is 0. The fourth-order valence-electron chi connectivity index (χ4n) is 1.07. The first kappa shape index (κ1) is 8.70. The lowest BCUT2D eigenvalue weighted by molar-refractivity contribution is -0.384. The summed E-state index contributed by atoms with van der Waals surface area (Å²) in [5.74, 6) is 0. The molecule has 0 fully saturated rings. The van der Waals surface area contributed by atoms with E-state index in [0.29, 0.717) is 15.3 Å². The molecule has 0 saturated carbocycles.